The largest absolute Gasteiger partial charge is 0.444 e. The lowest BCUT2D eigenvalue weighted by atomic mass is 9.97. The summed E-state index contributed by atoms with van der Waals surface area (Å²) in [7, 11) is 0. The van der Waals surface area contributed by atoms with Crippen LogP contribution in [0.5, 0.6) is 0 Å². The van der Waals surface area contributed by atoms with Gasteiger partial charge in [0.15, 0.2) is 6.10 Å². The summed E-state index contributed by atoms with van der Waals surface area (Å²) in [6.07, 6.45) is 3.31. The van der Waals surface area contributed by atoms with Crippen molar-refractivity contribution in [3.63, 3.8) is 0 Å². The molecule has 1 unspecified atom stereocenters. The highest BCUT2D eigenvalue weighted by Gasteiger charge is 2.69. The van der Waals surface area contributed by atoms with Crippen molar-refractivity contribution in [3.05, 3.63) is 12.7 Å². The second-order valence-corrected chi connectivity index (χ2v) is 13.2. The Labute approximate surface area is 244 Å². The van der Waals surface area contributed by atoms with Crippen LogP contribution in [0.15, 0.2) is 12.7 Å². The molecule has 3 fully saturated rings. The molecule has 11 nitrogen and oxygen atoms in total. The number of carbonyl (C=O) groups excluding carboxylic acids is 4. The third-order valence-electron chi connectivity index (χ3n) is 8.61. The van der Waals surface area contributed by atoms with Gasteiger partial charge in [0.25, 0.3) is 5.91 Å². The first-order valence-corrected chi connectivity index (χ1v) is 15.0. The highest BCUT2D eigenvalue weighted by Crippen LogP contribution is 2.65. The fraction of sp³-hybridized carbons (Fsp3) is 0.800. The average Bonchev–Trinajstić information content (AvgIpc) is 3.21. The van der Waals surface area contributed by atoms with Crippen LogP contribution in [0.25, 0.3) is 0 Å². The summed E-state index contributed by atoms with van der Waals surface area (Å²) in [5, 5.41) is 19.1. The number of nitrogens with zero attached hydrogens (tertiary/aromatic N) is 1. The summed E-state index contributed by atoms with van der Waals surface area (Å²) in [5.74, 6) is -1.38. The minimum atomic E-state index is -1.44. The van der Waals surface area contributed by atoms with E-state index >= 15 is 0 Å². The van der Waals surface area contributed by atoms with Crippen molar-refractivity contribution in [1.82, 2.24) is 20.9 Å². The molecular formula is C30H50N4O7. The number of ether oxygens (including phenoxy) is 2. The molecule has 0 aromatic heterocycles. The Morgan fingerprint density at radius 1 is 1.22 bits per heavy atom. The fourth-order valence-corrected chi connectivity index (χ4v) is 6.21. The van der Waals surface area contributed by atoms with Crippen molar-refractivity contribution in [3.8, 4) is 0 Å². The summed E-state index contributed by atoms with van der Waals surface area (Å²) in [6.45, 7) is 15.7. The van der Waals surface area contributed by atoms with Gasteiger partial charge < -0.3 is 35.4 Å². The molecule has 4 N–H and O–H groups in total. The molecule has 1 aliphatic carbocycles. The van der Waals surface area contributed by atoms with Crippen LogP contribution in [0.2, 0.25) is 0 Å². The van der Waals surface area contributed by atoms with Crippen LogP contribution in [0.4, 0.5) is 4.79 Å². The van der Waals surface area contributed by atoms with E-state index in [9.17, 15) is 24.3 Å². The Bertz CT molecular complexity index is 978. The van der Waals surface area contributed by atoms with Crippen molar-refractivity contribution < 1.29 is 33.8 Å². The number of alkyl carbamates (subject to hydrolysis) is 1. The Hall–Kier alpha value is -2.66. The zero-order valence-corrected chi connectivity index (χ0v) is 25.5. The molecule has 7 atom stereocenters. The van der Waals surface area contributed by atoms with E-state index in [2.05, 4.69) is 36.4 Å². The van der Waals surface area contributed by atoms with Gasteiger partial charge in [0.2, 0.25) is 11.8 Å². The van der Waals surface area contributed by atoms with Gasteiger partial charge in [0.05, 0.1) is 12.1 Å². The summed E-state index contributed by atoms with van der Waals surface area (Å²) in [5.41, 5.74) is -0.906. The first-order chi connectivity index (χ1) is 19.2. The van der Waals surface area contributed by atoms with Gasteiger partial charge in [0.1, 0.15) is 17.7 Å². The minimum Gasteiger partial charge on any atom is -0.444 e. The van der Waals surface area contributed by atoms with E-state index in [0.29, 0.717) is 19.6 Å². The SMILES string of the molecule is C=CCNC(=O)C(O)[C@@H]1CCCCCCCO[C@@H](C)[C@H](NC(=O)OC(C)(C)C)C(=O)N2C[C@H]3[C@@H]([C@H]2C(=O)N1)C3(C)C. The lowest BCUT2D eigenvalue weighted by Gasteiger charge is -2.36. The maximum atomic E-state index is 14.1. The Morgan fingerprint density at radius 2 is 1.88 bits per heavy atom. The summed E-state index contributed by atoms with van der Waals surface area (Å²) >= 11 is 0. The molecule has 0 aromatic rings. The van der Waals surface area contributed by atoms with Crippen molar-refractivity contribution in [2.45, 2.75) is 116 Å². The zero-order chi connectivity index (χ0) is 30.5. The van der Waals surface area contributed by atoms with Gasteiger partial charge in [-0.25, -0.2) is 4.79 Å². The average molecular weight is 579 g/mol. The molecule has 2 saturated heterocycles. The van der Waals surface area contributed by atoms with Crippen LogP contribution in [-0.2, 0) is 23.9 Å². The zero-order valence-electron chi connectivity index (χ0n) is 25.5. The Morgan fingerprint density at radius 3 is 2.54 bits per heavy atom. The van der Waals surface area contributed by atoms with E-state index in [-0.39, 0.29) is 23.8 Å². The van der Waals surface area contributed by atoms with Gasteiger partial charge in [-0.15, -0.1) is 6.58 Å². The molecular weight excluding hydrogens is 528 g/mol. The third-order valence-corrected chi connectivity index (χ3v) is 8.61. The number of aliphatic hydroxyl groups is 1. The van der Waals surface area contributed by atoms with Crippen LogP contribution in [0.1, 0.15) is 80.1 Å². The normalized spacial score (nSPS) is 31.6. The number of piperidine rings is 1. The molecule has 11 heteroatoms. The smallest absolute Gasteiger partial charge is 0.408 e. The highest BCUT2D eigenvalue weighted by molar-refractivity contribution is 5.94. The second-order valence-electron chi connectivity index (χ2n) is 13.2. The molecule has 3 rings (SSSR count). The molecule has 4 amide bonds. The fourth-order valence-electron chi connectivity index (χ4n) is 6.21. The molecule has 41 heavy (non-hydrogen) atoms. The first kappa shape index (κ1) is 32.8. The Balaban J connectivity index is 1.90. The predicted molar refractivity (Wildman–Crippen MR) is 154 cm³/mol. The van der Waals surface area contributed by atoms with Gasteiger partial charge >= 0.3 is 6.09 Å². The van der Waals surface area contributed by atoms with E-state index in [1.165, 1.54) is 11.0 Å². The van der Waals surface area contributed by atoms with Gasteiger partial charge in [0, 0.05) is 19.7 Å². The van der Waals surface area contributed by atoms with Gasteiger partial charge in [-0.05, 0) is 57.8 Å². The van der Waals surface area contributed by atoms with Crippen LogP contribution < -0.4 is 16.0 Å². The molecule has 3 aliphatic rings. The van der Waals surface area contributed by atoms with E-state index < -0.39 is 59.7 Å². The molecule has 0 aromatic carbocycles. The highest BCUT2D eigenvalue weighted by atomic mass is 16.6. The molecule has 2 aliphatic heterocycles. The lowest BCUT2D eigenvalue weighted by Crippen LogP contribution is -2.61. The number of amides is 4. The van der Waals surface area contributed by atoms with Crippen molar-refractivity contribution in [2.24, 2.45) is 17.3 Å². The predicted octanol–water partition coefficient (Wildman–Crippen LogP) is 2.27. The van der Waals surface area contributed by atoms with Gasteiger partial charge in [-0.2, -0.15) is 0 Å². The lowest BCUT2D eigenvalue weighted by molar-refractivity contribution is -0.145. The molecule has 1 saturated carbocycles. The number of hydrogen-bond acceptors (Lipinski definition) is 7. The quantitative estimate of drug-likeness (QED) is 0.366. The number of nitrogens with one attached hydrogen (secondary N) is 3. The number of fused-ring (bicyclic) bond motifs is 3. The standard InChI is InChI=1S/C30H50N4O7/c1-8-15-31-26(37)24(35)20-14-12-10-9-11-13-16-40-18(2)22(33-28(39)41-29(3,4)5)27(38)34-17-19-21(30(19,6)7)23(34)25(36)32-20/h8,18-24,35H,1,9-17H2,2-7H3,(H,31,37)(H,32,36)(H,33,39)/t18-,19-,20-,21-,22-,23-,24?/m0/s1. The molecule has 0 spiro atoms. The monoisotopic (exact) mass is 578 g/mol. The van der Waals surface area contributed by atoms with Crippen LogP contribution >= 0.6 is 0 Å². The maximum absolute atomic E-state index is 14.1. The number of aliphatic hydroxyl groups excluding tert-OH is 1. The summed E-state index contributed by atoms with van der Waals surface area (Å²) in [6, 6.07) is -2.67. The first-order valence-electron chi connectivity index (χ1n) is 15.0. The second kappa shape index (κ2) is 13.5. The topological polar surface area (TPSA) is 146 Å². The van der Waals surface area contributed by atoms with Crippen molar-refractivity contribution in [2.75, 3.05) is 19.7 Å². The minimum absolute atomic E-state index is 0.0869. The summed E-state index contributed by atoms with van der Waals surface area (Å²) < 4.78 is 11.5. The van der Waals surface area contributed by atoms with Crippen LogP contribution in [-0.4, -0.2) is 89.5 Å². The van der Waals surface area contributed by atoms with E-state index in [1.807, 2.05) is 0 Å². The Kier molecular flexibility index (Phi) is 10.9. The van der Waals surface area contributed by atoms with E-state index in [1.54, 1.807) is 27.7 Å². The van der Waals surface area contributed by atoms with Crippen molar-refractivity contribution in [1.29, 1.82) is 0 Å². The van der Waals surface area contributed by atoms with E-state index in [0.717, 1.165) is 32.1 Å². The molecule has 0 bridgehead atoms. The summed E-state index contributed by atoms with van der Waals surface area (Å²) in [4.78, 5) is 54.9. The van der Waals surface area contributed by atoms with Crippen molar-refractivity contribution >= 4 is 23.8 Å². The van der Waals surface area contributed by atoms with Gasteiger partial charge in [-0.3, -0.25) is 14.4 Å². The number of carbonyl (C=O) groups is 4. The van der Waals surface area contributed by atoms with E-state index in [4.69, 9.17) is 9.47 Å². The number of rotatable bonds is 5. The molecule has 2 heterocycles. The van der Waals surface area contributed by atoms with Crippen LogP contribution in [0.3, 0.4) is 0 Å². The maximum Gasteiger partial charge on any atom is 0.408 e. The molecule has 0 radical (unpaired) electrons. The third kappa shape index (κ3) is 8.22. The van der Waals surface area contributed by atoms with Gasteiger partial charge in [-0.1, -0.05) is 45.6 Å². The molecule has 232 valence electrons. The number of hydrogen-bond donors (Lipinski definition) is 4. The van der Waals surface area contributed by atoms with Crippen LogP contribution in [0, 0.1) is 17.3 Å².